The van der Waals surface area contributed by atoms with Crippen LogP contribution in [0.3, 0.4) is 0 Å². The Bertz CT molecular complexity index is 2110. The van der Waals surface area contributed by atoms with E-state index in [1.54, 1.807) is 36.0 Å². The highest BCUT2D eigenvalue weighted by atomic mass is 32.1. The van der Waals surface area contributed by atoms with Gasteiger partial charge in [-0.3, -0.25) is 9.36 Å². The molecule has 8 heteroatoms. The van der Waals surface area contributed by atoms with Crippen molar-refractivity contribution >= 4 is 29.1 Å². The van der Waals surface area contributed by atoms with Gasteiger partial charge in [0.05, 0.1) is 29.4 Å². The maximum absolute atomic E-state index is 14.1. The number of ether oxygens (including phenoxy) is 1. The fourth-order valence-electron chi connectivity index (χ4n) is 5.96. The van der Waals surface area contributed by atoms with Crippen LogP contribution in [0.5, 0.6) is 5.75 Å². The number of aromatic carboxylic acids is 1. The summed E-state index contributed by atoms with van der Waals surface area (Å²) < 4.78 is 14.2. The first-order chi connectivity index (χ1) is 20.4. The van der Waals surface area contributed by atoms with Crippen LogP contribution in [0.15, 0.2) is 98.6 Å². The second kappa shape index (κ2) is 10.2. The minimum atomic E-state index is -1.23. The number of aryl methyl sites for hydroxylation is 2. The molecule has 0 fully saturated rings. The van der Waals surface area contributed by atoms with Crippen LogP contribution in [0.4, 0.5) is 0 Å². The fraction of sp³-hybridized carbons (Fsp3) is 0.147. The van der Waals surface area contributed by atoms with E-state index in [9.17, 15) is 14.7 Å². The monoisotopic (exact) mass is 573 g/mol. The number of hydrogen-bond acceptors (Lipinski definition) is 7. The third-order valence-electron chi connectivity index (χ3n) is 7.93. The van der Waals surface area contributed by atoms with Gasteiger partial charge in [-0.25, -0.2) is 4.99 Å². The Balaban J connectivity index is 1.38. The lowest BCUT2D eigenvalue weighted by Gasteiger charge is -2.31. The molecule has 3 aromatic carbocycles. The zero-order valence-corrected chi connectivity index (χ0v) is 23.7. The van der Waals surface area contributed by atoms with Crippen molar-refractivity contribution in [1.29, 1.82) is 0 Å². The molecule has 7 rings (SSSR count). The molecule has 1 atom stereocenters. The average molecular weight is 574 g/mol. The Morgan fingerprint density at radius 3 is 2.67 bits per heavy atom. The molecule has 42 heavy (non-hydrogen) atoms. The summed E-state index contributed by atoms with van der Waals surface area (Å²) in [6.45, 7) is 1.82. The van der Waals surface area contributed by atoms with E-state index in [2.05, 4.69) is 18.2 Å². The summed E-state index contributed by atoms with van der Waals surface area (Å²) in [6, 6.07) is 24.2. The van der Waals surface area contributed by atoms with Gasteiger partial charge in [0.1, 0.15) is 17.3 Å². The number of hydrogen-bond donors (Lipinski definition) is 0. The molecule has 0 radical (unpaired) electrons. The number of benzene rings is 3. The van der Waals surface area contributed by atoms with Gasteiger partial charge in [0.15, 0.2) is 4.80 Å². The van der Waals surface area contributed by atoms with Gasteiger partial charge in [0.2, 0.25) is 0 Å². The Kier molecular flexibility index (Phi) is 6.28. The van der Waals surface area contributed by atoms with E-state index in [4.69, 9.17) is 14.1 Å². The lowest BCUT2D eigenvalue weighted by molar-refractivity contribution is -0.255. The van der Waals surface area contributed by atoms with E-state index in [-0.39, 0.29) is 17.2 Å². The molecule has 208 valence electrons. The first-order valence-corrected chi connectivity index (χ1v) is 14.4. The summed E-state index contributed by atoms with van der Waals surface area (Å²) in [5.74, 6) is 0.592. The normalized spacial score (nSPS) is 16.0. The molecule has 2 aromatic heterocycles. The number of carbonyl (C=O) groups is 1. The maximum atomic E-state index is 14.1. The fourth-order valence-corrected chi connectivity index (χ4v) is 6.94. The van der Waals surface area contributed by atoms with E-state index in [1.807, 2.05) is 43.3 Å². The van der Waals surface area contributed by atoms with Gasteiger partial charge >= 0.3 is 0 Å². The van der Waals surface area contributed by atoms with Gasteiger partial charge in [-0.1, -0.05) is 65.9 Å². The summed E-state index contributed by atoms with van der Waals surface area (Å²) >= 11 is 1.33. The third-order valence-corrected chi connectivity index (χ3v) is 8.92. The number of allylic oxidation sites excluding steroid dienone is 1. The van der Waals surface area contributed by atoms with Crippen molar-refractivity contribution in [2.24, 2.45) is 4.99 Å². The summed E-state index contributed by atoms with van der Waals surface area (Å²) in [4.78, 5) is 31.0. The zero-order valence-electron chi connectivity index (χ0n) is 22.9. The summed E-state index contributed by atoms with van der Waals surface area (Å²) in [7, 11) is 1.65. The number of furan rings is 1. The van der Waals surface area contributed by atoms with Crippen LogP contribution >= 0.6 is 11.3 Å². The second-order valence-electron chi connectivity index (χ2n) is 10.4. The average Bonchev–Trinajstić information content (AvgIpc) is 3.59. The quantitative estimate of drug-likeness (QED) is 0.313. The standard InChI is InChI=1S/C34H26N2O5S/c1-19-17-21(33(38)39)12-14-23(19)28-16-13-22(41-28)18-29-32(37)36-31(25-9-5-6-10-27(25)40-2)26-15-11-20-7-3-4-8-24(20)30(26)35-34(36)42-29/h3-10,12-14,16-18,31H,11,15H2,1-2H3,(H,38,39)/p-1/b29-18+/t31-/m0/s1. The lowest BCUT2D eigenvalue weighted by Crippen LogP contribution is -2.38. The first kappa shape index (κ1) is 26.0. The Morgan fingerprint density at radius 2 is 1.86 bits per heavy atom. The van der Waals surface area contributed by atoms with E-state index in [0.717, 1.165) is 52.1 Å². The molecule has 0 saturated heterocycles. The SMILES string of the molecule is COc1ccccc1[C@H]1C2=C(N=c3s/c(=C/c4ccc(-c5ccc(C(=O)[O-])cc5C)o4)c(=O)n31)c1ccccc1CC2. The Labute approximate surface area is 245 Å². The number of nitrogens with zero attached hydrogens (tertiary/aromatic N) is 2. The number of rotatable bonds is 5. The summed E-state index contributed by atoms with van der Waals surface area (Å²) in [6.07, 6.45) is 3.41. The van der Waals surface area contributed by atoms with Gasteiger partial charge in [-0.15, -0.1) is 0 Å². The van der Waals surface area contributed by atoms with Crippen molar-refractivity contribution in [3.8, 4) is 17.1 Å². The lowest BCUT2D eigenvalue weighted by atomic mass is 9.83. The van der Waals surface area contributed by atoms with Gasteiger partial charge in [-0.05, 0) is 66.3 Å². The van der Waals surface area contributed by atoms with Crippen LogP contribution in [-0.2, 0) is 6.42 Å². The van der Waals surface area contributed by atoms with Crippen LogP contribution in [-0.4, -0.2) is 17.6 Å². The van der Waals surface area contributed by atoms with Crippen LogP contribution in [0.1, 0.15) is 50.8 Å². The van der Waals surface area contributed by atoms with Crippen LogP contribution in [0.2, 0.25) is 0 Å². The van der Waals surface area contributed by atoms with Gasteiger partial charge in [0.25, 0.3) is 5.56 Å². The number of carboxylic acid groups (broad SMARTS) is 1. The highest BCUT2D eigenvalue weighted by Gasteiger charge is 2.34. The maximum Gasteiger partial charge on any atom is 0.271 e. The molecule has 1 aliphatic heterocycles. The minimum Gasteiger partial charge on any atom is -0.545 e. The zero-order chi connectivity index (χ0) is 29.0. The highest BCUT2D eigenvalue weighted by Crippen LogP contribution is 2.43. The molecule has 0 N–H and O–H groups in total. The number of fused-ring (bicyclic) bond motifs is 3. The van der Waals surface area contributed by atoms with Crippen molar-refractivity contribution in [1.82, 2.24) is 4.57 Å². The van der Waals surface area contributed by atoms with Crippen molar-refractivity contribution in [2.45, 2.75) is 25.8 Å². The molecule has 0 amide bonds. The van der Waals surface area contributed by atoms with Crippen molar-refractivity contribution in [3.05, 3.63) is 138 Å². The van der Waals surface area contributed by atoms with E-state index in [1.165, 1.54) is 23.0 Å². The predicted octanol–water partition coefficient (Wildman–Crippen LogP) is 4.26. The summed E-state index contributed by atoms with van der Waals surface area (Å²) in [5.41, 5.74) is 6.79. The highest BCUT2D eigenvalue weighted by molar-refractivity contribution is 7.07. The molecule has 5 aromatic rings. The largest absolute Gasteiger partial charge is 0.545 e. The Hall–Kier alpha value is -4.95. The molecule has 0 bridgehead atoms. The number of aromatic nitrogens is 1. The molecule has 0 unspecified atom stereocenters. The minimum absolute atomic E-state index is 0.110. The van der Waals surface area contributed by atoms with Crippen LogP contribution < -0.4 is 24.7 Å². The second-order valence-corrected chi connectivity index (χ2v) is 11.4. The topological polar surface area (TPSA) is 96.9 Å². The number of para-hydroxylation sites is 1. The Morgan fingerprint density at radius 1 is 1.05 bits per heavy atom. The number of carboxylic acids is 1. The molecule has 1 aliphatic carbocycles. The van der Waals surface area contributed by atoms with Crippen LogP contribution in [0, 0.1) is 6.92 Å². The smallest absolute Gasteiger partial charge is 0.271 e. The van der Waals surface area contributed by atoms with Gasteiger partial charge in [0, 0.05) is 22.8 Å². The number of methoxy groups -OCH3 is 1. The van der Waals surface area contributed by atoms with Crippen LogP contribution in [0.25, 0.3) is 23.1 Å². The van der Waals surface area contributed by atoms with Crippen molar-refractivity contribution in [2.75, 3.05) is 7.11 Å². The van der Waals surface area contributed by atoms with Gasteiger partial charge in [-0.2, -0.15) is 0 Å². The predicted molar refractivity (Wildman–Crippen MR) is 159 cm³/mol. The molecule has 0 saturated carbocycles. The number of carbonyl (C=O) groups excluding carboxylic acids is 1. The molecule has 7 nitrogen and oxygen atoms in total. The molecule has 0 spiro atoms. The van der Waals surface area contributed by atoms with E-state index in [0.29, 0.717) is 20.9 Å². The molecular formula is C34H25N2O5S-. The molecule has 2 aliphatic rings. The third kappa shape index (κ3) is 4.23. The van der Waals surface area contributed by atoms with E-state index < -0.39 is 5.97 Å². The number of thiazole rings is 1. The summed E-state index contributed by atoms with van der Waals surface area (Å²) in [5, 5.41) is 11.2. The van der Waals surface area contributed by atoms with Crippen molar-refractivity contribution in [3.63, 3.8) is 0 Å². The van der Waals surface area contributed by atoms with Gasteiger partial charge < -0.3 is 19.1 Å². The first-order valence-electron chi connectivity index (χ1n) is 13.6. The molecular weight excluding hydrogens is 548 g/mol. The van der Waals surface area contributed by atoms with Crippen molar-refractivity contribution < 1.29 is 19.1 Å². The molecule has 3 heterocycles. The van der Waals surface area contributed by atoms with E-state index >= 15 is 0 Å².